The second-order valence-electron chi connectivity index (χ2n) is 26.7. The van der Waals surface area contributed by atoms with Crippen molar-refractivity contribution in [1.82, 2.24) is 5.32 Å². The van der Waals surface area contributed by atoms with Gasteiger partial charge in [0.2, 0.25) is 5.91 Å². The van der Waals surface area contributed by atoms with Crippen LogP contribution in [0.5, 0.6) is 0 Å². The fourth-order valence-corrected chi connectivity index (χ4v) is 12.4. The number of phosphoric acid groups is 1. The Morgan fingerprint density at radius 1 is 0.375 bits per heavy atom. The average Bonchev–Trinajstić information content (AvgIpc) is 3.42. The van der Waals surface area contributed by atoms with Crippen molar-refractivity contribution in [2.75, 3.05) is 40.9 Å². The van der Waals surface area contributed by atoms with Crippen LogP contribution in [0.3, 0.4) is 0 Å². The maximum Gasteiger partial charge on any atom is 0.472 e. The maximum atomic E-state index is 13.1. The SMILES string of the molecule is CCCCCCCCCCCCCCCCCCCCCCCCCCCCCCCCCC(O)C(COP(=O)(O)OCC[N+](C)(C)C)NC(=O)CCCCCCCCCCCCCCCCCCCCCCCCCCCCC. The number of carbonyl (C=O) groups is 1. The molecule has 480 valence electrons. The topological polar surface area (TPSA) is 105 Å². The molecule has 0 heterocycles. The zero-order valence-electron chi connectivity index (χ0n) is 55.1. The summed E-state index contributed by atoms with van der Waals surface area (Å²) in [5, 5.41) is 14.2. The molecule has 3 atom stereocenters. The first-order valence-corrected chi connectivity index (χ1v) is 37.9. The van der Waals surface area contributed by atoms with Crippen molar-refractivity contribution >= 4 is 13.7 Å². The van der Waals surface area contributed by atoms with Crippen LogP contribution in [0, 0.1) is 0 Å². The number of likely N-dealkylation sites (N-methyl/N-ethyl adjacent to an activating group) is 1. The average molecular weight is 1150 g/mol. The highest BCUT2D eigenvalue weighted by molar-refractivity contribution is 7.47. The number of amides is 1. The lowest BCUT2D eigenvalue weighted by molar-refractivity contribution is -0.870. The highest BCUT2D eigenvalue weighted by atomic mass is 31.2. The molecule has 0 spiro atoms. The second-order valence-corrected chi connectivity index (χ2v) is 28.1. The lowest BCUT2D eigenvalue weighted by Gasteiger charge is -2.26. The summed E-state index contributed by atoms with van der Waals surface area (Å²) in [4.78, 5) is 23.5. The van der Waals surface area contributed by atoms with Gasteiger partial charge in [-0.2, -0.15) is 0 Å². The Bertz CT molecular complexity index is 1260. The third-order valence-electron chi connectivity index (χ3n) is 17.4. The molecule has 1 amide bonds. The van der Waals surface area contributed by atoms with Crippen LogP contribution in [-0.2, 0) is 18.4 Å². The molecule has 9 heteroatoms. The third kappa shape index (κ3) is 65.1. The number of hydrogen-bond acceptors (Lipinski definition) is 5. The zero-order valence-corrected chi connectivity index (χ0v) is 56.0. The Labute approximate surface area is 501 Å². The van der Waals surface area contributed by atoms with Crippen LogP contribution in [0.15, 0.2) is 0 Å². The van der Waals surface area contributed by atoms with Gasteiger partial charge in [0.15, 0.2) is 0 Å². The van der Waals surface area contributed by atoms with Gasteiger partial charge in [-0.25, -0.2) is 4.57 Å². The summed E-state index contributed by atoms with van der Waals surface area (Å²) in [6.45, 7) is 4.97. The van der Waals surface area contributed by atoms with Gasteiger partial charge in [0.25, 0.3) is 0 Å². The molecule has 0 bridgehead atoms. The van der Waals surface area contributed by atoms with Crippen molar-refractivity contribution in [3.8, 4) is 0 Å². The molecule has 3 N–H and O–H groups in total. The molecule has 0 aliphatic carbocycles. The van der Waals surface area contributed by atoms with Crippen molar-refractivity contribution < 1.29 is 32.9 Å². The number of carbonyl (C=O) groups excluding carboxylic acids is 1. The maximum absolute atomic E-state index is 13.1. The van der Waals surface area contributed by atoms with Crippen LogP contribution in [0.2, 0.25) is 0 Å². The number of rotatable bonds is 69. The number of nitrogens with zero attached hydrogens (tertiary/aromatic N) is 1. The molecule has 0 aliphatic rings. The van der Waals surface area contributed by atoms with Gasteiger partial charge in [-0.15, -0.1) is 0 Å². The first-order chi connectivity index (χ1) is 39.0. The Morgan fingerprint density at radius 3 is 0.838 bits per heavy atom. The van der Waals surface area contributed by atoms with Crippen LogP contribution in [0.4, 0.5) is 0 Å². The molecule has 0 aromatic heterocycles. The molecule has 3 unspecified atom stereocenters. The van der Waals surface area contributed by atoms with E-state index in [-0.39, 0.29) is 19.1 Å². The van der Waals surface area contributed by atoms with E-state index in [2.05, 4.69) is 19.2 Å². The highest BCUT2D eigenvalue weighted by Gasteiger charge is 2.28. The van der Waals surface area contributed by atoms with E-state index >= 15 is 0 Å². The molecule has 0 aromatic rings. The summed E-state index contributed by atoms with van der Waals surface area (Å²) in [7, 11) is 1.64. The van der Waals surface area contributed by atoms with Gasteiger partial charge in [0, 0.05) is 6.42 Å². The van der Waals surface area contributed by atoms with Crippen molar-refractivity contribution in [2.45, 2.75) is 411 Å². The summed E-state index contributed by atoms with van der Waals surface area (Å²) in [5.41, 5.74) is 0. The summed E-state index contributed by atoms with van der Waals surface area (Å²) in [5.74, 6) is -0.133. The molecule has 0 aromatic carbocycles. The number of phosphoric ester groups is 1. The van der Waals surface area contributed by atoms with E-state index in [0.29, 0.717) is 23.9 Å². The van der Waals surface area contributed by atoms with E-state index in [0.717, 1.165) is 38.5 Å². The summed E-state index contributed by atoms with van der Waals surface area (Å²) < 4.78 is 23.9. The second kappa shape index (κ2) is 63.0. The van der Waals surface area contributed by atoms with Gasteiger partial charge in [-0.1, -0.05) is 380 Å². The Morgan fingerprint density at radius 2 is 0.600 bits per heavy atom. The minimum atomic E-state index is -4.33. The molecule has 0 rings (SSSR count). The molecular weight excluding hydrogens is 1010 g/mol. The highest BCUT2D eigenvalue weighted by Crippen LogP contribution is 2.43. The van der Waals surface area contributed by atoms with Crippen LogP contribution < -0.4 is 5.32 Å². The number of aliphatic hydroxyl groups excluding tert-OH is 1. The molecule has 0 saturated carbocycles. The monoisotopic (exact) mass is 1150 g/mol. The van der Waals surface area contributed by atoms with Gasteiger partial charge < -0.3 is 19.8 Å². The Kier molecular flexibility index (Phi) is 62.6. The minimum Gasteiger partial charge on any atom is -0.391 e. The Hall–Kier alpha value is -0.500. The molecule has 8 nitrogen and oxygen atoms in total. The molecule has 0 fully saturated rings. The third-order valence-corrected chi connectivity index (χ3v) is 18.3. The van der Waals surface area contributed by atoms with Gasteiger partial charge in [0.1, 0.15) is 13.2 Å². The standard InChI is InChI=1S/C71H145N2O6P/c1-6-8-10-12-14-16-18-20-22-24-26-28-30-32-34-35-36-37-39-40-42-44-46-48-50-52-54-56-58-60-62-64-70(74)69(68-79-80(76,77)78-67-66-73(3,4)5)72-71(75)65-63-61-59-57-55-53-51-49-47-45-43-41-38-33-31-29-27-25-23-21-19-17-15-13-11-9-7-2/h69-70,74H,6-68H2,1-5H3,(H-,72,75,76,77)/p+1. The van der Waals surface area contributed by atoms with E-state index in [4.69, 9.17) is 9.05 Å². The molecular formula is C71H146N2O6P+. The number of unbranched alkanes of at least 4 members (excludes halogenated alkanes) is 56. The number of quaternary nitrogens is 1. The first-order valence-electron chi connectivity index (χ1n) is 36.4. The Balaban J connectivity index is 3.96. The van der Waals surface area contributed by atoms with E-state index in [1.54, 1.807) is 0 Å². The van der Waals surface area contributed by atoms with Crippen molar-refractivity contribution in [3.63, 3.8) is 0 Å². The summed E-state index contributed by atoms with van der Waals surface area (Å²) in [6, 6.07) is -0.757. The summed E-state index contributed by atoms with van der Waals surface area (Å²) in [6.07, 6.45) is 79.3. The quantitative estimate of drug-likeness (QED) is 0.0318. The summed E-state index contributed by atoms with van der Waals surface area (Å²) >= 11 is 0. The first kappa shape index (κ1) is 79.5. The molecule has 0 saturated heterocycles. The smallest absolute Gasteiger partial charge is 0.391 e. The van der Waals surface area contributed by atoms with E-state index in [1.807, 2.05) is 21.1 Å². The fraction of sp³-hybridized carbons (Fsp3) is 0.986. The number of nitrogens with one attached hydrogen (secondary N) is 1. The minimum absolute atomic E-state index is 0.0795. The van der Waals surface area contributed by atoms with Crippen molar-refractivity contribution in [1.29, 1.82) is 0 Å². The number of aliphatic hydroxyl groups is 1. The van der Waals surface area contributed by atoms with Gasteiger partial charge in [0.05, 0.1) is 39.9 Å². The predicted molar refractivity (Wildman–Crippen MR) is 351 cm³/mol. The van der Waals surface area contributed by atoms with Crippen LogP contribution in [0.25, 0.3) is 0 Å². The predicted octanol–water partition coefficient (Wildman–Crippen LogP) is 23.1. The van der Waals surface area contributed by atoms with E-state index in [9.17, 15) is 19.4 Å². The normalized spacial score (nSPS) is 13.5. The molecule has 0 radical (unpaired) electrons. The van der Waals surface area contributed by atoms with E-state index < -0.39 is 20.0 Å². The number of hydrogen-bond donors (Lipinski definition) is 3. The van der Waals surface area contributed by atoms with Crippen LogP contribution >= 0.6 is 7.82 Å². The van der Waals surface area contributed by atoms with Gasteiger partial charge >= 0.3 is 7.82 Å². The zero-order chi connectivity index (χ0) is 58.4. The van der Waals surface area contributed by atoms with Crippen molar-refractivity contribution in [2.24, 2.45) is 0 Å². The lowest BCUT2D eigenvalue weighted by atomic mass is 10.0. The largest absolute Gasteiger partial charge is 0.472 e. The van der Waals surface area contributed by atoms with E-state index in [1.165, 1.54) is 334 Å². The van der Waals surface area contributed by atoms with Crippen LogP contribution in [0.1, 0.15) is 399 Å². The van der Waals surface area contributed by atoms with Gasteiger partial charge in [-0.05, 0) is 12.8 Å². The molecule has 0 aliphatic heterocycles. The van der Waals surface area contributed by atoms with Crippen molar-refractivity contribution in [3.05, 3.63) is 0 Å². The van der Waals surface area contributed by atoms with Gasteiger partial charge in [-0.3, -0.25) is 13.8 Å². The fourth-order valence-electron chi connectivity index (χ4n) is 11.7. The lowest BCUT2D eigenvalue weighted by Crippen LogP contribution is -2.46. The molecule has 80 heavy (non-hydrogen) atoms. The van der Waals surface area contributed by atoms with Crippen LogP contribution in [-0.4, -0.2) is 73.4 Å².